The number of benzene rings is 2. The molecule has 2 aromatic carbocycles. The molecule has 1 aliphatic rings. The Labute approximate surface area is 158 Å². The number of nitrogens with zero attached hydrogens (tertiary/aromatic N) is 2. The number of aromatic nitrogens is 1. The Kier molecular flexibility index (Phi) is 4.77. The van der Waals surface area contributed by atoms with E-state index < -0.39 is 0 Å². The fraction of sp³-hybridized carbons (Fsp3) is 0.273. The summed E-state index contributed by atoms with van der Waals surface area (Å²) in [6.07, 6.45) is 0. The van der Waals surface area contributed by atoms with E-state index in [9.17, 15) is 9.59 Å². The van der Waals surface area contributed by atoms with E-state index in [1.165, 1.54) is 0 Å². The minimum Gasteiger partial charge on any atom is -0.336 e. The third-order valence-electron chi connectivity index (χ3n) is 5.26. The Morgan fingerprint density at radius 1 is 1.00 bits per heavy atom. The summed E-state index contributed by atoms with van der Waals surface area (Å²) in [5, 5.41) is 1.04. The van der Waals surface area contributed by atoms with Crippen molar-refractivity contribution in [3.63, 3.8) is 0 Å². The number of aromatic amines is 1. The van der Waals surface area contributed by atoms with Crippen LogP contribution in [0.3, 0.4) is 0 Å². The summed E-state index contributed by atoms with van der Waals surface area (Å²) >= 11 is 0. The average molecular weight is 361 g/mol. The second-order valence-electron chi connectivity index (χ2n) is 7.09. The minimum absolute atomic E-state index is 0.0351. The number of H-pyrrole nitrogens is 1. The first-order valence-electron chi connectivity index (χ1n) is 9.30. The first-order valence-corrected chi connectivity index (χ1v) is 9.30. The number of carbonyl (C=O) groups is 1. The number of piperazine rings is 1. The highest BCUT2D eigenvalue weighted by Gasteiger charge is 2.23. The van der Waals surface area contributed by atoms with Gasteiger partial charge >= 0.3 is 0 Å². The molecule has 1 amide bonds. The Balaban J connectivity index is 1.43. The maximum atomic E-state index is 12.7. The lowest BCUT2D eigenvalue weighted by Crippen LogP contribution is -2.48. The first kappa shape index (κ1) is 17.5. The third-order valence-corrected chi connectivity index (χ3v) is 5.26. The highest BCUT2D eigenvalue weighted by Crippen LogP contribution is 2.15. The molecule has 0 aliphatic carbocycles. The van der Waals surface area contributed by atoms with Crippen LogP contribution in [-0.2, 0) is 6.54 Å². The monoisotopic (exact) mass is 361 g/mol. The first-order chi connectivity index (χ1) is 13.1. The van der Waals surface area contributed by atoms with Crippen molar-refractivity contribution in [2.75, 3.05) is 26.2 Å². The SMILES string of the molecule is Cc1ccccc1C(=O)N1CCN(Cc2cc3ccccc3[nH]c2=O)CC1. The number of para-hydroxylation sites is 1. The van der Waals surface area contributed by atoms with E-state index in [1.54, 1.807) is 0 Å². The molecular weight excluding hydrogens is 338 g/mol. The molecule has 1 aliphatic heterocycles. The van der Waals surface area contributed by atoms with Crippen molar-refractivity contribution in [3.8, 4) is 0 Å². The molecule has 27 heavy (non-hydrogen) atoms. The van der Waals surface area contributed by atoms with Gasteiger partial charge in [0.1, 0.15) is 0 Å². The normalized spacial score (nSPS) is 15.2. The van der Waals surface area contributed by atoms with Crippen molar-refractivity contribution < 1.29 is 4.79 Å². The van der Waals surface area contributed by atoms with Crippen molar-refractivity contribution in [2.45, 2.75) is 13.5 Å². The Morgan fingerprint density at radius 2 is 1.70 bits per heavy atom. The van der Waals surface area contributed by atoms with Gasteiger partial charge in [0.25, 0.3) is 11.5 Å². The Hall–Kier alpha value is -2.92. The summed E-state index contributed by atoms with van der Waals surface area (Å²) in [7, 11) is 0. The second kappa shape index (κ2) is 7.37. The van der Waals surface area contributed by atoms with Gasteiger partial charge in [0.2, 0.25) is 0 Å². The van der Waals surface area contributed by atoms with Crippen LogP contribution in [-0.4, -0.2) is 46.9 Å². The molecule has 5 nitrogen and oxygen atoms in total. The zero-order chi connectivity index (χ0) is 18.8. The van der Waals surface area contributed by atoms with Gasteiger partial charge in [-0.3, -0.25) is 14.5 Å². The number of aryl methyl sites for hydroxylation is 1. The maximum absolute atomic E-state index is 12.7. The van der Waals surface area contributed by atoms with Gasteiger partial charge in [-0.05, 0) is 36.1 Å². The maximum Gasteiger partial charge on any atom is 0.254 e. The Bertz CT molecular complexity index is 1030. The molecule has 0 bridgehead atoms. The topological polar surface area (TPSA) is 56.4 Å². The molecule has 1 saturated heterocycles. The van der Waals surface area contributed by atoms with E-state index in [2.05, 4.69) is 9.88 Å². The van der Waals surface area contributed by atoms with Gasteiger partial charge in [-0.15, -0.1) is 0 Å². The molecule has 1 aromatic heterocycles. The van der Waals surface area contributed by atoms with E-state index in [0.29, 0.717) is 19.6 Å². The number of carbonyl (C=O) groups excluding carboxylic acids is 1. The molecule has 5 heteroatoms. The summed E-state index contributed by atoms with van der Waals surface area (Å²) in [6, 6.07) is 17.5. The van der Waals surface area contributed by atoms with Crippen LogP contribution in [0, 0.1) is 6.92 Å². The lowest BCUT2D eigenvalue weighted by atomic mass is 10.1. The van der Waals surface area contributed by atoms with E-state index in [0.717, 1.165) is 40.7 Å². The smallest absolute Gasteiger partial charge is 0.254 e. The van der Waals surface area contributed by atoms with Gasteiger partial charge in [-0.1, -0.05) is 36.4 Å². The number of fused-ring (bicyclic) bond motifs is 1. The van der Waals surface area contributed by atoms with E-state index in [4.69, 9.17) is 0 Å². The molecule has 1 fully saturated rings. The quantitative estimate of drug-likeness (QED) is 0.780. The summed E-state index contributed by atoms with van der Waals surface area (Å²) in [4.78, 5) is 32.2. The molecule has 0 unspecified atom stereocenters. The summed E-state index contributed by atoms with van der Waals surface area (Å²) in [5.41, 5.74) is 3.38. The van der Waals surface area contributed by atoms with Crippen molar-refractivity contribution >= 4 is 16.8 Å². The van der Waals surface area contributed by atoms with Gasteiger partial charge in [-0.25, -0.2) is 0 Å². The second-order valence-corrected chi connectivity index (χ2v) is 7.09. The number of nitrogens with one attached hydrogen (secondary N) is 1. The van der Waals surface area contributed by atoms with Crippen LogP contribution >= 0.6 is 0 Å². The standard InChI is InChI=1S/C22H23N3O2/c1-16-6-2-4-8-19(16)22(27)25-12-10-24(11-13-25)15-18-14-17-7-3-5-9-20(17)23-21(18)26/h2-9,14H,10-13,15H2,1H3,(H,23,26). The van der Waals surface area contributed by atoms with Crippen molar-refractivity contribution in [2.24, 2.45) is 0 Å². The number of amides is 1. The molecule has 2 heterocycles. The van der Waals surface area contributed by atoms with Crippen molar-refractivity contribution in [1.82, 2.24) is 14.8 Å². The molecule has 0 saturated carbocycles. The molecule has 138 valence electrons. The van der Waals surface area contributed by atoms with Crippen molar-refractivity contribution in [1.29, 1.82) is 0 Å². The van der Waals surface area contributed by atoms with Crippen LogP contribution in [0.4, 0.5) is 0 Å². The number of rotatable bonds is 3. The minimum atomic E-state index is -0.0351. The molecule has 4 rings (SSSR count). The molecule has 1 N–H and O–H groups in total. The zero-order valence-corrected chi connectivity index (χ0v) is 15.4. The lowest BCUT2D eigenvalue weighted by Gasteiger charge is -2.34. The third kappa shape index (κ3) is 3.64. The lowest BCUT2D eigenvalue weighted by molar-refractivity contribution is 0.0627. The van der Waals surface area contributed by atoms with Crippen LogP contribution in [0.15, 0.2) is 59.4 Å². The van der Waals surface area contributed by atoms with Crippen molar-refractivity contribution in [3.05, 3.63) is 81.6 Å². The summed E-state index contributed by atoms with van der Waals surface area (Å²) in [6.45, 7) is 5.47. The molecule has 0 atom stereocenters. The predicted molar refractivity (Wildman–Crippen MR) is 107 cm³/mol. The highest BCUT2D eigenvalue weighted by molar-refractivity contribution is 5.95. The summed E-state index contributed by atoms with van der Waals surface area (Å²) in [5.74, 6) is 0.0938. The fourth-order valence-corrected chi connectivity index (χ4v) is 3.64. The molecule has 0 spiro atoms. The largest absolute Gasteiger partial charge is 0.336 e. The number of pyridine rings is 1. The molecular formula is C22H23N3O2. The van der Waals surface area contributed by atoms with Gasteiger partial charge in [-0.2, -0.15) is 0 Å². The highest BCUT2D eigenvalue weighted by atomic mass is 16.2. The Morgan fingerprint density at radius 3 is 2.48 bits per heavy atom. The van der Waals surface area contributed by atoms with E-state index in [-0.39, 0.29) is 11.5 Å². The molecule has 0 radical (unpaired) electrons. The van der Waals surface area contributed by atoms with E-state index >= 15 is 0 Å². The zero-order valence-electron chi connectivity index (χ0n) is 15.4. The predicted octanol–water partition coefficient (Wildman–Crippen LogP) is 2.79. The van der Waals surface area contributed by atoms with Crippen LogP contribution in [0.5, 0.6) is 0 Å². The van der Waals surface area contributed by atoms with Crippen LogP contribution in [0.2, 0.25) is 0 Å². The van der Waals surface area contributed by atoms with Crippen LogP contribution in [0.25, 0.3) is 10.9 Å². The van der Waals surface area contributed by atoms with Gasteiger partial charge in [0.05, 0.1) is 0 Å². The van der Waals surface area contributed by atoms with Gasteiger partial charge < -0.3 is 9.88 Å². The van der Waals surface area contributed by atoms with Crippen LogP contribution in [0.1, 0.15) is 21.5 Å². The van der Waals surface area contributed by atoms with Gasteiger partial charge in [0, 0.05) is 49.4 Å². The number of hydrogen-bond donors (Lipinski definition) is 1. The summed E-state index contributed by atoms with van der Waals surface area (Å²) < 4.78 is 0. The van der Waals surface area contributed by atoms with Gasteiger partial charge in [0.15, 0.2) is 0 Å². The average Bonchev–Trinajstić information content (AvgIpc) is 2.69. The fourth-order valence-electron chi connectivity index (χ4n) is 3.64. The molecule has 3 aromatic rings. The van der Waals surface area contributed by atoms with Crippen LogP contribution < -0.4 is 5.56 Å². The van der Waals surface area contributed by atoms with E-state index in [1.807, 2.05) is 66.4 Å². The number of hydrogen-bond acceptors (Lipinski definition) is 3.